The minimum absolute atomic E-state index is 0. The lowest BCUT2D eigenvalue weighted by Gasteiger charge is -2.09. The molecule has 7 heteroatoms. The third-order valence-corrected chi connectivity index (χ3v) is 5.57. The van der Waals surface area contributed by atoms with Gasteiger partial charge in [0.1, 0.15) is 5.01 Å². The maximum atomic E-state index is 4.66. The van der Waals surface area contributed by atoms with E-state index in [0.717, 1.165) is 42.7 Å². The van der Waals surface area contributed by atoms with E-state index in [4.69, 9.17) is 0 Å². The van der Waals surface area contributed by atoms with E-state index in [2.05, 4.69) is 60.4 Å². The van der Waals surface area contributed by atoms with Crippen molar-refractivity contribution in [2.24, 2.45) is 4.99 Å². The van der Waals surface area contributed by atoms with Crippen molar-refractivity contribution in [2.75, 3.05) is 6.54 Å². The second-order valence-corrected chi connectivity index (χ2v) is 7.56. The SMILES string of the molecule is CCNC(=NCc1ccc(CC)s1)NCc1nc(C)c(C)s1.I. The predicted octanol–water partition coefficient (Wildman–Crippen LogP) is 4.26. The standard InChI is InChI=1S/C16H24N4S2.HI/c1-5-13-7-8-14(22-13)9-18-16(17-6-2)19-10-15-20-11(3)12(4)21-15;/h7-8H,5-6,9-10H2,1-4H3,(H2,17,18,19);1H. The molecule has 128 valence electrons. The van der Waals surface area contributed by atoms with Crippen LogP contribution >= 0.6 is 46.7 Å². The maximum Gasteiger partial charge on any atom is 0.191 e. The quantitative estimate of drug-likeness (QED) is 0.382. The van der Waals surface area contributed by atoms with Crippen LogP contribution in [-0.4, -0.2) is 17.5 Å². The maximum absolute atomic E-state index is 4.66. The topological polar surface area (TPSA) is 49.3 Å². The second-order valence-electron chi connectivity index (χ2n) is 5.02. The van der Waals surface area contributed by atoms with Crippen molar-refractivity contribution < 1.29 is 0 Å². The van der Waals surface area contributed by atoms with Gasteiger partial charge in [0, 0.05) is 21.2 Å². The molecule has 0 aliphatic carbocycles. The number of hydrogen-bond acceptors (Lipinski definition) is 4. The summed E-state index contributed by atoms with van der Waals surface area (Å²) in [5, 5.41) is 7.75. The molecule has 0 unspecified atom stereocenters. The van der Waals surface area contributed by atoms with Crippen LogP contribution in [-0.2, 0) is 19.5 Å². The molecule has 2 heterocycles. The highest BCUT2D eigenvalue weighted by Gasteiger charge is 2.05. The molecule has 0 aromatic carbocycles. The fraction of sp³-hybridized carbons (Fsp3) is 0.500. The molecule has 0 radical (unpaired) electrons. The van der Waals surface area contributed by atoms with E-state index in [0.29, 0.717) is 0 Å². The number of thiazole rings is 1. The van der Waals surface area contributed by atoms with Crippen molar-refractivity contribution in [3.8, 4) is 0 Å². The highest BCUT2D eigenvalue weighted by atomic mass is 127. The smallest absolute Gasteiger partial charge is 0.191 e. The van der Waals surface area contributed by atoms with E-state index in [1.807, 2.05) is 11.3 Å². The van der Waals surface area contributed by atoms with Crippen LogP contribution in [0.3, 0.4) is 0 Å². The van der Waals surface area contributed by atoms with Crippen LogP contribution < -0.4 is 10.6 Å². The van der Waals surface area contributed by atoms with Crippen molar-refractivity contribution in [3.05, 3.63) is 37.5 Å². The zero-order chi connectivity index (χ0) is 15.9. The molecule has 2 rings (SSSR count). The van der Waals surface area contributed by atoms with Gasteiger partial charge in [-0.2, -0.15) is 0 Å². The Morgan fingerprint density at radius 3 is 2.43 bits per heavy atom. The minimum Gasteiger partial charge on any atom is -0.357 e. The minimum atomic E-state index is 0. The number of aliphatic imine (C=N–C) groups is 1. The number of aromatic nitrogens is 1. The molecule has 0 amide bonds. The molecular weight excluding hydrogens is 439 g/mol. The zero-order valence-corrected chi connectivity index (χ0v) is 18.1. The van der Waals surface area contributed by atoms with Crippen LogP contribution in [0.4, 0.5) is 0 Å². The van der Waals surface area contributed by atoms with Gasteiger partial charge in [-0.15, -0.1) is 46.7 Å². The van der Waals surface area contributed by atoms with Gasteiger partial charge in [-0.1, -0.05) is 6.92 Å². The van der Waals surface area contributed by atoms with E-state index in [1.54, 1.807) is 11.3 Å². The summed E-state index contributed by atoms with van der Waals surface area (Å²) < 4.78 is 0. The third kappa shape index (κ3) is 6.39. The summed E-state index contributed by atoms with van der Waals surface area (Å²) in [5.74, 6) is 0.847. The lowest BCUT2D eigenvalue weighted by Crippen LogP contribution is -2.36. The van der Waals surface area contributed by atoms with Crippen molar-refractivity contribution in [3.63, 3.8) is 0 Å². The van der Waals surface area contributed by atoms with Gasteiger partial charge in [0.15, 0.2) is 5.96 Å². The summed E-state index contributed by atoms with van der Waals surface area (Å²) in [7, 11) is 0. The van der Waals surface area contributed by atoms with E-state index >= 15 is 0 Å². The Morgan fingerprint density at radius 1 is 1.13 bits per heavy atom. The molecule has 0 bridgehead atoms. The van der Waals surface area contributed by atoms with Crippen LogP contribution in [0, 0.1) is 13.8 Å². The van der Waals surface area contributed by atoms with Gasteiger partial charge >= 0.3 is 0 Å². The Labute approximate surface area is 163 Å². The van der Waals surface area contributed by atoms with Crippen LogP contribution in [0.5, 0.6) is 0 Å². The normalized spacial score (nSPS) is 11.2. The molecule has 0 fully saturated rings. The Hall–Kier alpha value is -0.670. The number of rotatable bonds is 6. The average molecular weight is 464 g/mol. The molecule has 23 heavy (non-hydrogen) atoms. The molecule has 4 nitrogen and oxygen atoms in total. The number of thiophene rings is 1. The van der Waals surface area contributed by atoms with Crippen LogP contribution in [0.25, 0.3) is 0 Å². The molecule has 0 aliphatic rings. The molecule has 2 aromatic heterocycles. The zero-order valence-electron chi connectivity index (χ0n) is 14.1. The van der Waals surface area contributed by atoms with Gasteiger partial charge < -0.3 is 10.6 Å². The number of halogens is 1. The van der Waals surface area contributed by atoms with Crippen LogP contribution in [0.15, 0.2) is 17.1 Å². The first-order chi connectivity index (χ1) is 10.6. The summed E-state index contributed by atoms with van der Waals surface area (Å²) in [6.45, 7) is 10.7. The van der Waals surface area contributed by atoms with Gasteiger partial charge in [0.05, 0.1) is 18.8 Å². The molecule has 0 atom stereocenters. The van der Waals surface area contributed by atoms with Crippen LogP contribution in [0.2, 0.25) is 0 Å². The first-order valence-corrected chi connectivity index (χ1v) is 9.28. The largest absolute Gasteiger partial charge is 0.357 e. The molecule has 0 saturated carbocycles. The highest BCUT2D eigenvalue weighted by Crippen LogP contribution is 2.18. The van der Waals surface area contributed by atoms with Crippen molar-refractivity contribution in [2.45, 2.75) is 47.2 Å². The molecule has 2 aromatic rings. The van der Waals surface area contributed by atoms with E-state index < -0.39 is 0 Å². The van der Waals surface area contributed by atoms with Gasteiger partial charge in [-0.3, -0.25) is 0 Å². The second kappa shape index (κ2) is 10.2. The average Bonchev–Trinajstić information content (AvgIpc) is 3.09. The van der Waals surface area contributed by atoms with Crippen molar-refractivity contribution >= 4 is 52.6 Å². The van der Waals surface area contributed by atoms with Gasteiger partial charge in [-0.25, -0.2) is 9.98 Å². The summed E-state index contributed by atoms with van der Waals surface area (Å²) in [6.07, 6.45) is 1.09. The fourth-order valence-electron chi connectivity index (χ4n) is 1.97. The molecule has 2 N–H and O–H groups in total. The molecular formula is C16H25IN4S2. The van der Waals surface area contributed by atoms with E-state index in [-0.39, 0.29) is 24.0 Å². The van der Waals surface area contributed by atoms with E-state index in [1.165, 1.54) is 14.6 Å². The van der Waals surface area contributed by atoms with Gasteiger partial charge in [0.25, 0.3) is 0 Å². The summed E-state index contributed by atoms with van der Waals surface area (Å²) in [4.78, 5) is 13.2. The molecule has 0 spiro atoms. The summed E-state index contributed by atoms with van der Waals surface area (Å²) >= 11 is 3.58. The lowest BCUT2D eigenvalue weighted by atomic mass is 10.4. The summed E-state index contributed by atoms with van der Waals surface area (Å²) in [6, 6.07) is 4.36. The Kier molecular flexibility index (Phi) is 9.08. The first kappa shape index (κ1) is 20.4. The molecule has 0 saturated heterocycles. The number of aryl methyl sites for hydroxylation is 3. The predicted molar refractivity (Wildman–Crippen MR) is 112 cm³/mol. The van der Waals surface area contributed by atoms with Crippen molar-refractivity contribution in [1.29, 1.82) is 0 Å². The number of nitrogens with one attached hydrogen (secondary N) is 2. The number of hydrogen-bond donors (Lipinski definition) is 2. The van der Waals surface area contributed by atoms with E-state index in [9.17, 15) is 0 Å². The summed E-state index contributed by atoms with van der Waals surface area (Å²) in [5.41, 5.74) is 1.12. The van der Waals surface area contributed by atoms with Gasteiger partial charge in [0.2, 0.25) is 0 Å². The van der Waals surface area contributed by atoms with Crippen molar-refractivity contribution in [1.82, 2.24) is 15.6 Å². The fourth-order valence-corrected chi connectivity index (χ4v) is 3.73. The lowest BCUT2D eigenvalue weighted by molar-refractivity contribution is 0.811. The van der Waals surface area contributed by atoms with Gasteiger partial charge in [-0.05, 0) is 39.3 Å². The number of guanidine groups is 1. The van der Waals surface area contributed by atoms with Crippen LogP contribution in [0.1, 0.15) is 39.2 Å². The molecule has 0 aliphatic heterocycles. The highest BCUT2D eigenvalue weighted by molar-refractivity contribution is 14.0. The number of nitrogens with zero attached hydrogens (tertiary/aromatic N) is 2. The Morgan fingerprint density at radius 2 is 1.87 bits per heavy atom. The first-order valence-electron chi connectivity index (χ1n) is 7.65. The third-order valence-electron chi connectivity index (χ3n) is 3.28. The Bertz CT molecular complexity index is 614. The monoisotopic (exact) mass is 464 g/mol. The Balaban J connectivity index is 0.00000264.